The van der Waals surface area contributed by atoms with Gasteiger partial charge in [0.15, 0.2) is 16.5 Å². The Kier molecular flexibility index (Phi) is 6.78. The molecule has 2 saturated heterocycles. The van der Waals surface area contributed by atoms with Gasteiger partial charge in [-0.15, -0.1) is 11.3 Å². The molecule has 6 heterocycles. The molecular formula is C29H32N6O4S. The number of hydrogen-bond donors (Lipinski definition) is 0. The normalized spacial score (nSPS) is 17.2. The van der Waals surface area contributed by atoms with Crippen molar-refractivity contribution in [1.29, 1.82) is 0 Å². The second-order valence-corrected chi connectivity index (χ2v) is 11.2. The molecular weight excluding hydrogens is 528 g/mol. The lowest BCUT2D eigenvalue weighted by Gasteiger charge is -2.40. The van der Waals surface area contributed by atoms with Gasteiger partial charge in [0.25, 0.3) is 0 Å². The van der Waals surface area contributed by atoms with Crippen molar-refractivity contribution in [3.63, 3.8) is 0 Å². The number of ether oxygens (including phenoxy) is 3. The lowest BCUT2D eigenvalue weighted by Crippen LogP contribution is -2.49. The monoisotopic (exact) mass is 560 g/mol. The van der Waals surface area contributed by atoms with E-state index in [1.54, 1.807) is 23.0 Å². The molecule has 1 aromatic carbocycles. The van der Waals surface area contributed by atoms with Crippen molar-refractivity contribution in [1.82, 2.24) is 24.5 Å². The highest BCUT2D eigenvalue weighted by Crippen LogP contribution is 2.37. The maximum absolute atomic E-state index is 6.30. The summed E-state index contributed by atoms with van der Waals surface area (Å²) >= 11 is 1.69. The number of furan rings is 1. The Bertz CT molecular complexity index is 1630. The maximum atomic E-state index is 6.30. The van der Waals surface area contributed by atoms with Gasteiger partial charge in [-0.2, -0.15) is 5.10 Å². The average Bonchev–Trinajstić information content (AvgIpc) is 3.74. The lowest BCUT2D eigenvalue weighted by atomic mass is 10.0. The standard InChI is InChI=1S/C29H32N6O4S/c1-19-3-4-28-31-24(16-35(28)32-19)27-15-23-25(13-22(36-2)14-26(23)39-27)38-17-20-18-40-29(30-20)34-7-5-21(6-8-34)33-9-11-37-12-10-33/h3-4,13-16,18,21H,5-12,17H2,1-2H3. The zero-order chi connectivity index (χ0) is 27.1. The fourth-order valence-corrected chi connectivity index (χ4v) is 6.43. The minimum absolute atomic E-state index is 0.362. The molecule has 11 heteroatoms. The highest BCUT2D eigenvalue weighted by Gasteiger charge is 2.27. The number of hydrogen-bond acceptors (Lipinski definition) is 10. The number of nitrogens with zero attached hydrogens (tertiary/aromatic N) is 6. The van der Waals surface area contributed by atoms with Gasteiger partial charge in [-0.1, -0.05) is 0 Å². The topological polar surface area (TPSA) is 90.4 Å². The highest BCUT2D eigenvalue weighted by molar-refractivity contribution is 7.13. The number of aromatic nitrogens is 4. The molecule has 40 heavy (non-hydrogen) atoms. The van der Waals surface area contributed by atoms with E-state index in [-0.39, 0.29) is 0 Å². The van der Waals surface area contributed by atoms with Crippen molar-refractivity contribution < 1.29 is 18.6 Å². The maximum Gasteiger partial charge on any atom is 0.185 e. The van der Waals surface area contributed by atoms with Crippen LogP contribution in [0.25, 0.3) is 28.1 Å². The molecule has 0 N–H and O–H groups in total. The Morgan fingerprint density at radius 2 is 1.90 bits per heavy atom. The smallest absolute Gasteiger partial charge is 0.185 e. The molecule has 0 aliphatic carbocycles. The SMILES string of the molecule is COc1cc(OCc2csc(N3CCC(N4CCOCC4)CC3)n2)c2cc(-c3cn4nc(C)ccc4n3)oc2c1. The third-order valence-corrected chi connectivity index (χ3v) is 8.68. The number of thiazole rings is 1. The predicted octanol–water partition coefficient (Wildman–Crippen LogP) is 4.80. The second-order valence-electron chi connectivity index (χ2n) is 10.3. The van der Waals surface area contributed by atoms with E-state index in [1.165, 1.54) is 0 Å². The first-order chi connectivity index (χ1) is 19.6. The lowest BCUT2D eigenvalue weighted by molar-refractivity contribution is 0.0115. The molecule has 0 bridgehead atoms. The third-order valence-electron chi connectivity index (χ3n) is 7.73. The first-order valence-electron chi connectivity index (χ1n) is 13.7. The first-order valence-corrected chi connectivity index (χ1v) is 14.6. The Labute approximate surface area is 236 Å². The third kappa shape index (κ3) is 5.00. The summed E-state index contributed by atoms with van der Waals surface area (Å²) in [5, 5.41) is 8.51. The minimum atomic E-state index is 0.362. The van der Waals surface area contributed by atoms with Crippen LogP contribution in [0.4, 0.5) is 5.13 Å². The molecule has 2 aliphatic heterocycles. The van der Waals surface area contributed by atoms with Gasteiger partial charge in [0.1, 0.15) is 29.4 Å². The van der Waals surface area contributed by atoms with Crippen LogP contribution in [0.3, 0.4) is 0 Å². The number of imidazole rings is 1. The van der Waals surface area contributed by atoms with Crippen LogP contribution in [0.5, 0.6) is 11.5 Å². The van der Waals surface area contributed by atoms with E-state index in [9.17, 15) is 0 Å². The van der Waals surface area contributed by atoms with Crippen LogP contribution in [0.15, 0.2) is 46.3 Å². The molecule has 208 valence electrons. The Morgan fingerprint density at radius 3 is 2.73 bits per heavy atom. The van der Waals surface area contributed by atoms with Crippen molar-refractivity contribution in [2.75, 3.05) is 51.4 Å². The highest BCUT2D eigenvalue weighted by atomic mass is 32.1. The van der Waals surface area contributed by atoms with E-state index >= 15 is 0 Å². The molecule has 4 aromatic heterocycles. The Morgan fingerprint density at radius 1 is 1.05 bits per heavy atom. The largest absolute Gasteiger partial charge is 0.496 e. The molecule has 0 spiro atoms. The van der Waals surface area contributed by atoms with Crippen molar-refractivity contribution in [3.8, 4) is 23.0 Å². The van der Waals surface area contributed by atoms with Gasteiger partial charge < -0.3 is 23.5 Å². The van der Waals surface area contributed by atoms with Gasteiger partial charge >= 0.3 is 0 Å². The van der Waals surface area contributed by atoms with Crippen molar-refractivity contribution in [2.45, 2.75) is 32.4 Å². The zero-order valence-corrected chi connectivity index (χ0v) is 23.5. The van der Waals surface area contributed by atoms with Crippen molar-refractivity contribution >= 4 is 33.1 Å². The fraction of sp³-hybridized carbons (Fsp3) is 0.414. The van der Waals surface area contributed by atoms with Gasteiger partial charge in [-0.25, -0.2) is 14.5 Å². The molecule has 7 rings (SSSR count). The van der Waals surface area contributed by atoms with E-state index in [2.05, 4.69) is 25.3 Å². The number of methoxy groups -OCH3 is 1. The summed E-state index contributed by atoms with van der Waals surface area (Å²) in [5.41, 5.74) is 3.98. The average molecular weight is 561 g/mol. The number of aryl methyl sites for hydroxylation is 1. The predicted molar refractivity (Wildman–Crippen MR) is 154 cm³/mol. The van der Waals surface area contributed by atoms with Crippen LogP contribution in [0.1, 0.15) is 24.2 Å². The summed E-state index contributed by atoms with van der Waals surface area (Å²) in [6.07, 6.45) is 4.20. The molecule has 10 nitrogen and oxygen atoms in total. The number of anilines is 1. The number of morpholine rings is 1. The summed E-state index contributed by atoms with van der Waals surface area (Å²) < 4.78 is 25.3. The van der Waals surface area contributed by atoms with Crippen LogP contribution >= 0.6 is 11.3 Å². The van der Waals surface area contributed by atoms with Gasteiger partial charge in [0.05, 0.1) is 43.3 Å². The van der Waals surface area contributed by atoms with E-state index < -0.39 is 0 Å². The Hall–Kier alpha value is -3.67. The first kappa shape index (κ1) is 25.3. The second kappa shape index (κ2) is 10.7. The van der Waals surface area contributed by atoms with Gasteiger partial charge in [0, 0.05) is 49.7 Å². The van der Waals surface area contributed by atoms with Crippen molar-refractivity contribution in [3.05, 3.63) is 53.3 Å². The van der Waals surface area contributed by atoms with Crippen LogP contribution in [0, 0.1) is 6.92 Å². The van der Waals surface area contributed by atoms with Crippen molar-refractivity contribution in [2.24, 2.45) is 0 Å². The molecule has 2 fully saturated rings. The van der Waals surface area contributed by atoms with E-state index in [1.807, 2.05) is 43.5 Å². The van der Waals surface area contributed by atoms with E-state index in [0.717, 1.165) is 79.8 Å². The van der Waals surface area contributed by atoms with Gasteiger partial charge in [-0.05, 0) is 38.0 Å². The van der Waals surface area contributed by atoms with Crippen LogP contribution in [-0.2, 0) is 11.3 Å². The van der Waals surface area contributed by atoms with E-state index in [4.69, 9.17) is 23.6 Å². The number of benzene rings is 1. The van der Waals surface area contributed by atoms with Crippen LogP contribution in [0.2, 0.25) is 0 Å². The fourth-order valence-electron chi connectivity index (χ4n) is 5.57. The van der Waals surface area contributed by atoms with Gasteiger partial charge in [0.2, 0.25) is 0 Å². The molecule has 5 aromatic rings. The molecule has 0 amide bonds. The summed E-state index contributed by atoms with van der Waals surface area (Å²) in [5.74, 6) is 1.99. The summed E-state index contributed by atoms with van der Waals surface area (Å²) in [4.78, 5) is 14.6. The van der Waals surface area contributed by atoms with Crippen LogP contribution < -0.4 is 14.4 Å². The van der Waals surface area contributed by atoms with Gasteiger partial charge in [-0.3, -0.25) is 4.90 Å². The molecule has 0 saturated carbocycles. The molecule has 2 aliphatic rings. The quantitative estimate of drug-likeness (QED) is 0.279. The van der Waals surface area contributed by atoms with Crippen LogP contribution in [-0.4, -0.2) is 77.0 Å². The number of fused-ring (bicyclic) bond motifs is 2. The Balaban J connectivity index is 1.06. The molecule has 0 unspecified atom stereocenters. The number of rotatable bonds is 7. The summed E-state index contributed by atoms with van der Waals surface area (Å²) in [6, 6.07) is 10.3. The molecule has 0 atom stereocenters. The minimum Gasteiger partial charge on any atom is -0.496 e. The summed E-state index contributed by atoms with van der Waals surface area (Å²) in [7, 11) is 1.64. The number of piperidine rings is 1. The molecule has 0 radical (unpaired) electrons. The van der Waals surface area contributed by atoms with E-state index in [0.29, 0.717) is 41.2 Å². The summed E-state index contributed by atoms with van der Waals surface area (Å²) in [6.45, 7) is 8.19. The zero-order valence-electron chi connectivity index (χ0n) is 22.7.